The third-order valence-corrected chi connectivity index (χ3v) is 3.57. The molecule has 3 rings (SSSR count). The molecule has 1 aromatic heterocycles. The van der Waals surface area contributed by atoms with Gasteiger partial charge in [0.15, 0.2) is 11.6 Å². The van der Waals surface area contributed by atoms with Crippen molar-refractivity contribution in [3.05, 3.63) is 47.0 Å². The molecular formula is C15H13ClFN3O3. The summed E-state index contributed by atoms with van der Waals surface area (Å²) in [6, 6.07) is 5.66. The van der Waals surface area contributed by atoms with Gasteiger partial charge in [-0.1, -0.05) is 11.6 Å². The van der Waals surface area contributed by atoms with Crippen molar-refractivity contribution >= 4 is 17.7 Å². The van der Waals surface area contributed by atoms with Gasteiger partial charge in [0.25, 0.3) is 0 Å². The summed E-state index contributed by atoms with van der Waals surface area (Å²) < 4.78 is 24.0. The summed E-state index contributed by atoms with van der Waals surface area (Å²) in [6.45, 7) is 2.50. The second-order valence-electron chi connectivity index (χ2n) is 5.06. The van der Waals surface area contributed by atoms with E-state index in [2.05, 4.69) is 9.97 Å². The highest BCUT2D eigenvalue weighted by Crippen LogP contribution is 2.25. The molecular weight excluding hydrogens is 325 g/mol. The lowest BCUT2D eigenvalue weighted by Crippen LogP contribution is -2.30. The number of hydrogen-bond donors (Lipinski definition) is 0. The Morgan fingerprint density at radius 3 is 3.00 bits per heavy atom. The van der Waals surface area contributed by atoms with E-state index in [-0.39, 0.29) is 35.5 Å². The third-order valence-electron chi connectivity index (χ3n) is 3.33. The van der Waals surface area contributed by atoms with Crippen molar-refractivity contribution in [3.8, 4) is 11.8 Å². The summed E-state index contributed by atoms with van der Waals surface area (Å²) in [5.74, 6) is -0.635. The van der Waals surface area contributed by atoms with Gasteiger partial charge >= 0.3 is 12.1 Å². The highest BCUT2D eigenvalue weighted by molar-refractivity contribution is 6.30. The molecule has 0 spiro atoms. The van der Waals surface area contributed by atoms with Crippen LogP contribution in [0.5, 0.6) is 11.8 Å². The molecule has 2 heterocycles. The van der Waals surface area contributed by atoms with Gasteiger partial charge in [-0.2, -0.15) is 4.98 Å². The van der Waals surface area contributed by atoms with Gasteiger partial charge in [-0.15, -0.1) is 0 Å². The Morgan fingerprint density at radius 2 is 2.30 bits per heavy atom. The molecule has 1 amide bonds. The quantitative estimate of drug-likeness (QED) is 0.855. The molecule has 23 heavy (non-hydrogen) atoms. The van der Waals surface area contributed by atoms with Gasteiger partial charge in [0.2, 0.25) is 0 Å². The zero-order chi connectivity index (χ0) is 16.4. The lowest BCUT2D eigenvalue weighted by molar-refractivity contribution is 0.156. The molecule has 1 fully saturated rings. The molecule has 1 aliphatic heterocycles. The van der Waals surface area contributed by atoms with Gasteiger partial charge in [-0.3, -0.25) is 4.90 Å². The third kappa shape index (κ3) is 3.50. The molecule has 0 aliphatic carbocycles. The summed E-state index contributed by atoms with van der Waals surface area (Å²) in [4.78, 5) is 21.3. The van der Waals surface area contributed by atoms with Gasteiger partial charge in [-0.05, 0) is 31.2 Å². The second kappa shape index (κ2) is 6.37. The average molecular weight is 338 g/mol. The van der Waals surface area contributed by atoms with Crippen molar-refractivity contribution in [2.45, 2.75) is 19.5 Å². The Balaban J connectivity index is 1.76. The number of amides is 1. The first-order chi connectivity index (χ1) is 11.0. The molecule has 1 saturated heterocycles. The van der Waals surface area contributed by atoms with E-state index < -0.39 is 5.82 Å². The van der Waals surface area contributed by atoms with E-state index in [0.717, 1.165) is 6.07 Å². The number of benzene rings is 1. The van der Waals surface area contributed by atoms with E-state index in [1.165, 1.54) is 18.3 Å². The van der Waals surface area contributed by atoms with Crippen molar-refractivity contribution in [3.63, 3.8) is 0 Å². The summed E-state index contributed by atoms with van der Waals surface area (Å²) in [7, 11) is 0. The monoisotopic (exact) mass is 337 g/mol. The van der Waals surface area contributed by atoms with Crippen LogP contribution in [0.2, 0.25) is 5.02 Å². The standard InChI is InChI=1S/C15H13ClFN3O3/c1-9-8-22-15(21)20(9)7-11-4-5-18-14(19-11)23-13-3-2-10(16)6-12(13)17/h2-6,9H,7-8H2,1H3/t9-/m0/s1. The highest BCUT2D eigenvalue weighted by Gasteiger charge is 2.29. The molecule has 0 radical (unpaired) electrons. The lowest BCUT2D eigenvalue weighted by Gasteiger charge is -2.17. The van der Waals surface area contributed by atoms with Gasteiger partial charge in [0.1, 0.15) is 6.61 Å². The summed E-state index contributed by atoms with van der Waals surface area (Å²) in [5.41, 5.74) is 0.565. The first-order valence-electron chi connectivity index (χ1n) is 6.91. The Labute approximate surface area is 136 Å². The fraction of sp³-hybridized carbons (Fsp3) is 0.267. The number of aromatic nitrogens is 2. The Bertz CT molecular complexity index is 744. The van der Waals surface area contributed by atoms with Gasteiger partial charge in [0, 0.05) is 11.2 Å². The maximum atomic E-state index is 13.7. The molecule has 120 valence electrons. The van der Waals surface area contributed by atoms with Crippen LogP contribution < -0.4 is 4.74 Å². The first-order valence-corrected chi connectivity index (χ1v) is 7.29. The molecule has 0 bridgehead atoms. The Morgan fingerprint density at radius 1 is 1.48 bits per heavy atom. The molecule has 1 aliphatic rings. The van der Waals surface area contributed by atoms with Gasteiger partial charge in [-0.25, -0.2) is 14.2 Å². The van der Waals surface area contributed by atoms with E-state index in [4.69, 9.17) is 21.1 Å². The lowest BCUT2D eigenvalue weighted by atomic mass is 10.3. The molecule has 0 saturated carbocycles. The number of cyclic esters (lactones) is 1. The minimum Gasteiger partial charge on any atom is -0.447 e. The largest absolute Gasteiger partial charge is 0.447 e. The molecule has 8 heteroatoms. The number of rotatable bonds is 4. The van der Waals surface area contributed by atoms with Crippen molar-refractivity contribution in [2.24, 2.45) is 0 Å². The maximum absolute atomic E-state index is 13.7. The molecule has 6 nitrogen and oxygen atoms in total. The topological polar surface area (TPSA) is 64.5 Å². The number of ether oxygens (including phenoxy) is 2. The normalized spacial score (nSPS) is 17.3. The van der Waals surface area contributed by atoms with Crippen LogP contribution in [0.1, 0.15) is 12.6 Å². The number of carbonyl (C=O) groups is 1. The Kier molecular flexibility index (Phi) is 4.29. The maximum Gasteiger partial charge on any atom is 0.410 e. The van der Waals surface area contributed by atoms with E-state index in [9.17, 15) is 9.18 Å². The zero-order valence-corrected chi connectivity index (χ0v) is 13.0. The van der Waals surface area contributed by atoms with Crippen LogP contribution in [0.4, 0.5) is 9.18 Å². The second-order valence-corrected chi connectivity index (χ2v) is 5.50. The van der Waals surface area contributed by atoms with Crippen LogP contribution in [-0.2, 0) is 11.3 Å². The predicted molar refractivity (Wildman–Crippen MR) is 79.9 cm³/mol. The minimum absolute atomic E-state index is 0.0102. The Hall–Kier alpha value is -2.41. The number of halogens is 2. The van der Waals surface area contributed by atoms with Crippen LogP contribution >= 0.6 is 11.6 Å². The highest BCUT2D eigenvalue weighted by atomic mass is 35.5. The smallest absolute Gasteiger partial charge is 0.410 e. The van der Waals surface area contributed by atoms with Crippen molar-refractivity contribution in [2.75, 3.05) is 6.61 Å². The van der Waals surface area contributed by atoms with Crippen molar-refractivity contribution < 1.29 is 18.7 Å². The van der Waals surface area contributed by atoms with E-state index in [1.54, 1.807) is 11.0 Å². The molecule has 1 atom stereocenters. The summed E-state index contributed by atoms with van der Waals surface area (Å²) >= 11 is 5.69. The fourth-order valence-electron chi connectivity index (χ4n) is 2.11. The van der Waals surface area contributed by atoms with Crippen LogP contribution in [0.3, 0.4) is 0 Å². The van der Waals surface area contributed by atoms with Gasteiger partial charge < -0.3 is 9.47 Å². The van der Waals surface area contributed by atoms with Crippen LogP contribution in [0, 0.1) is 5.82 Å². The molecule has 1 aromatic carbocycles. The van der Waals surface area contributed by atoms with E-state index in [0.29, 0.717) is 12.3 Å². The first kappa shape index (κ1) is 15.5. The number of nitrogens with zero attached hydrogens (tertiary/aromatic N) is 3. The van der Waals surface area contributed by atoms with Crippen LogP contribution in [0.25, 0.3) is 0 Å². The summed E-state index contributed by atoms with van der Waals surface area (Å²) in [6.07, 6.45) is 1.10. The van der Waals surface area contributed by atoms with Crippen LogP contribution in [0.15, 0.2) is 30.5 Å². The zero-order valence-electron chi connectivity index (χ0n) is 12.2. The van der Waals surface area contributed by atoms with Gasteiger partial charge in [0.05, 0.1) is 18.3 Å². The fourth-order valence-corrected chi connectivity index (χ4v) is 2.27. The SMILES string of the molecule is C[C@H]1COC(=O)N1Cc1ccnc(Oc2ccc(Cl)cc2F)n1. The minimum atomic E-state index is -0.608. The van der Waals surface area contributed by atoms with Crippen molar-refractivity contribution in [1.82, 2.24) is 14.9 Å². The predicted octanol–water partition coefficient (Wildman–Crippen LogP) is 3.40. The van der Waals surface area contributed by atoms with E-state index >= 15 is 0 Å². The molecule has 0 N–H and O–H groups in total. The average Bonchev–Trinajstić information content (AvgIpc) is 2.83. The molecule has 0 unspecified atom stereocenters. The summed E-state index contributed by atoms with van der Waals surface area (Å²) in [5, 5.41) is 0.269. The van der Waals surface area contributed by atoms with Crippen molar-refractivity contribution in [1.29, 1.82) is 0 Å². The number of hydrogen-bond acceptors (Lipinski definition) is 5. The number of carbonyl (C=O) groups excluding carboxylic acids is 1. The molecule has 2 aromatic rings. The van der Waals surface area contributed by atoms with E-state index in [1.807, 2.05) is 6.92 Å². The van der Waals surface area contributed by atoms with Crippen LogP contribution in [-0.4, -0.2) is 33.6 Å².